The van der Waals surface area contributed by atoms with Crippen LogP contribution in [0.5, 0.6) is 0 Å². The zero-order valence-corrected chi connectivity index (χ0v) is 15.9. The van der Waals surface area contributed by atoms with Crippen LogP contribution in [0.3, 0.4) is 0 Å². The SMILES string of the molecule is CC1(C#Cc2cncc([C@H]3NC(=O)O[C@@H]3c3cccc(F)c3)c2)CCCCC1. The van der Waals surface area contributed by atoms with Gasteiger partial charge < -0.3 is 10.1 Å². The molecule has 2 fully saturated rings. The molecule has 2 heterocycles. The first-order valence-corrected chi connectivity index (χ1v) is 9.73. The zero-order chi connectivity index (χ0) is 19.6. The molecule has 2 aliphatic rings. The van der Waals surface area contributed by atoms with Crippen LogP contribution in [-0.4, -0.2) is 11.1 Å². The van der Waals surface area contributed by atoms with E-state index in [4.69, 9.17) is 4.74 Å². The normalized spacial score (nSPS) is 23.3. The van der Waals surface area contributed by atoms with Gasteiger partial charge in [-0.15, -0.1) is 0 Å². The van der Waals surface area contributed by atoms with Gasteiger partial charge in [0.15, 0.2) is 6.10 Å². The van der Waals surface area contributed by atoms with E-state index in [0.717, 1.165) is 24.0 Å². The number of carbonyl (C=O) groups excluding carboxylic acids is 1. The number of amides is 1. The number of nitrogens with one attached hydrogen (secondary N) is 1. The number of hydrogen-bond acceptors (Lipinski definition) is 3. The molecule has 4 rings (SSSR count). The van der Waals surface area contributed by atoms with Crippen molar-refractivity contribution in [3.63, 3.8) is 0 Å². The van der Waals surface area contributed by atoms with E-state index in [0.29, 0.717) is 5.56 Å². The summed E-state index contributed by atoms with van der Waals surface area (Å²) in [6.45, 7) is 2.22. The fourth-order valence-electron chi connectivity index (χ4n) is 4.00. The Morgan fingerprint density at radius 1 is 1.18 bits per heavy atom. The first-order valence-electron chi connectivity index (χ1n) is 9.73. The molecule has 1 aromatic carbocycles. The second-order valence-corrected chi connectivity index (χ2v) is 7.88. The van der Waals surface area contributed by atoms with Gasteiger partial charge in [-0.3, -0.25) is 4.98 Å². The van der Waals surface area contributed by atoms with Gasteiger partial charge in [0.25, 0.3) is 0 Å². The smallest absolute Gasteiger partial charge is 0.408 e. The number of carbonyl (C=O) groups is 1. The van der Waals surface area contributed by atoms with Crippen LogP contribution in [0.15, 0.2) is 42.7 Å². The first kappa shape index (κ1) is 18.5. The molecule has 1 saturated heterocycles. The third kappa shape index (κ3) is 4.01. The minimum Gasteiger partial charge on any atom is -0.439 e. The Bertz CT molecular complexity index is 941. The summed E-state index contributed by atoms with van der Waals surface area (Å²) in [7, 11) is 0. The molecule has 0 spiro atoms. The summed E-state index contributed by atoms with van der Waals surface area (Å²) < 4.78 is 19.0. The van der Waals surface area contributed by atoms with E-state index in [9.17, 15) is 9.18 Å². The van der Waals surface area contributed by atoms with Gasteiger partial charge in [-0.05, 0) is 49.1 Å². The number of benzene rings is 1. The second-order valence-electron chi connectivity index (χ2n) is 7.88. The summed E-state index contributed by atoms with van der Waals surface area (Å²) in [5.74, 6) is 6.34. The summed E-state index contributed by atoms with van der Waals surface area (Å²) in [4.78, 5) is 16.2. The van der Waals surface area contributed by atoms with Crippen LogP contribution in [0.25, 0.3) is 0 Å². The highest BCUT2D eigenvalue weighted by Gasteiger charge is 2.36. The molecule has 0 radical (unpaired) electrons. The molecule has 1 amide bonds. The van der Waals surface area contributed by atoms with Crippen molar-refractivity contribution in [1.29, 1.82) is 0 Å². The lowest BCUT2D eigenvalue weighted by Crippen LogP contribution is -2.20. The van der Waals surface area contributed by atoms with Crippen molar-refractivity contribution >= 4 is 6.09 Å². The Hall–Kier alpha value is -2.87. The van der Waals surface area contributed by atoms with Crippen molar-refractivity contribution in [1.82, 2.24) is 10.3 Å². The predicted octanol–water partition coefficient (Wildman–Crippen LogP) is 5.06. The van der Waals surface area contributed by atoms with Gasteiger partial charge in [0.2, 0.25) is 0 Å². The van der Waals surface area contributed by atoms with E-state index in [1.54, 1.807) is 24.5 Å². The van der Waals surface area contributed by atoms with Gasteiger partial charge in [-0.1, -0.05) is 43.2 Å². The molecule has 144 valence electrons. The number of ether oxygens (including phenoxy) is 1. The van der Waals surface area contributed by atoms with E-state index in [-0.39, 0.29) is 11.2 Å². The molecule has 1 aliphatic carbocycles. The van der Waals surface area contributed by atoms with E-state index >= 15 is 0 Å². The van der Waals surface area contributed by atoms with Crippen LogP contribution in [-0.2, 0) is 4.74 Å². The highest BCUT2D eigenvalue weighted by atomic mass is 19.1. The fourth-order valence-corrected chi connectivity index (χ4v) is 4.00. The average molecular weight is 378 g/mol. The van der Waals surface area contributed by atoms with Crippen molar-refractivity contribution < 1.29 is 13.9 Å². The van der Waals surface area contributed by atoms with E-state index in [1.807, 2.05) is 6.07 Å². The summed E-state index contributed by atoms with van der Waals surface area (Å²) in [5.41, 5.74) is 2.27. The number of cyclic esters (lactones) is 1. The highest BCUT2D eigenvalue weighted by Crippen LogP contribution is 2.37. The standard InChI is InChI=1S/C23H23FN2O2/c1-23(9-3-2-4-10-23)11-8-16-12-18(15-25-14-16)20-21(28-22(27)26-20)17-6-5-7-19(24)13-17/h5-7,12-15,20-21H,2-4,9-10H2,1H3,(H,26,27)/t20-,21-/m1/s1. The number of alkyl carbamates (subject to hydrolysis) is 1. The van der Waals surface area contributed by atoms with Crippen LogP contribution >= 0.6 is 0 Å². The molecule has 1 N–H and O–H groups in total. The Morgan fingerprint density at radius 2 is 2.00 bits per heavy atom. The van der Waals surface area contributed by atoms with Gasteiger partial charge in [0.1, 0.15) is 11.9 Å². The second kappa shape index (κ2) is 7.63. The van der Waals surface area contributed by atoms with Gasteiger partial charge in [-0.25, -0.2) is 9.18 Å². The molecular weight excluding hydrogens is 355 g/mol. The maximum absolute atomic E-state index is 13.6. The predicted molar refractivity (Wildman–Crippen MR) is 104 cm³/mol. The summed E-state index contributed by atoms with van der Waals surface area (Å²) >= 11 is 0. The first-order chi connectivity index (χ1) is 13.5. The molecule has 28 heavy (non-hydrogen) atoms. The van der Waals surface area contributed by atoms with Crippen molar-refractivity contribution in [3.8, 4) is 11.8 Å². The Balaban J connectivity index is 1.60. The van der Waals surface area contributed by atoms with Gasteiger partial charge >= 0.3 is 6.09 Å². The lowest BCUT2D eigenvalue weighted by molar-refractivity contribution is 0.132. The summed E-state index contributed by atoms with van der Waals surface area (Å²) in [6, 6.07) is 7.61. The molecule has 2 aromatic rings. The summed E-state index contributed by atoms with van der Waals surface area (Å²) in [6.07, 6.45) is 8.29. The topological polar surface area (TPSA) is 51.2 Å². The molecule has 1 aromatic heterocycles. The Morgan fingerprint density at radius 3 is 2.79 bits per heavy atom. The molecule has 1 saturated carbocycles. The van der Waals surface area contributed by atoms with Gasteiger partial charge in [0.05, 0.1) is 0 Å². The van der Waals surface area contributed by atoms with Crippen molar-refractivity contribution in [2.45, 2.75) is 51.2 Å². The molecule has 5 heteroatoms. The Kier molecular flexibility index (Phi) is 5.04. The number of pyridine rings is 1. The summed E-state index contributed by atoms with van der Waals surface area (Å²) in [5, 5.41) is 2.81. The van der Waals surface area contributed by atoms with E-state index < -0.39 is 18.2 Å². The Labute approximate surface area is 164 Å². The van der Waals surface area contributed by atoms with Crippen LogP contribution in [0.4, 0.5) is 9.18 Å². The van der Waals surface area contributed by atoms with Crippen LogP contribution in [0, 0.1) is 23.1 Å². The third-order valence-electron chi connectivity index (χ3n) is 5.57. The lowest BCUT2D eigenvalue weighted by atomic mass is 9.76. The highest BCUT2D eigenvalue weighted by molar-refractivity contribution is 5.71. The largest absolute Gasteiger partial charge is 0.439 e. The van der Waals surface area contributed by atoms with Gasteiger partial charge in [0, 0.05) is 23.4 Å². The molecule has 2 atom stereocenters. The molecular formula is C23H23FN2O2. The monoisotopic (exact) mass is 378 g/mol. The van der Waals surface area contributed by atoms with Crippen molar-refractivity contribution in [2.75, 3.05) is 0 Å². The molecule has 4 nitrogen and oxygen atoms in total. The lowest BCUT2D eigenvalue weighted by Gasteiger charge is -2.27. The third-order valence-corrected chi connectivity index (χ3v) is 5.57. The van der Waals surface area contributed by atoms with E-state index in [2.05, 4.69) is 29.1 Å². The van der Waals surface area contributed by atoms with E-state index in [1.165, 1.54) is 31.4 Å². The molecule has 1 aliphatic heterocycles. The molecule has 0 bridgehead atoms. The maximum atomic E-state index is 13.6. The van der Waals surface area contributed by atoms with Crippen molar-refractivity contribution in [2.24, 2.45) is 5.41 Å². The number of rotatable bonds is 2. The number of hydrogen-bond donors (Lipinski definition) is 1. The fraction of sp³-hybridized carbons (Fsp3) is 0.391. The minimum atomic E-state index is -0.607. The van der Waals surface area contributed by atoms with Crippen LogP contribution < -0.4 is 5.32 Å². The molecule has 0 unspecified atom stereocenters. The number of nitrogens with zero attached hydrogens (tertiary/aromatic N) is 1. The minimum absolute atomic E-state index is 0.0586. The number of halogens is 1. The number of aromatic nitrogens is 1. The average Bonchev–Trinajstić information content (AvgIpc) is 3.09. The van der Waals surface area contributed by atoms with Gasteiger partial charge in [-0.2, -0.15) is 0 Å². The quantitative estimate of drug-likeness (QED) is 0.743. The van der Waals surface area contributed by atoms with Crippen molar-refractivity contribution in [3.05, 3.63) is 65.2 Å². The van der Waals surface area contributed by atoms with Crippen LogP contribution in [0.2, 0.25) is 0 Å². The zero-order valence-electron chi connectivity index (χ0n) is 15.9. The van der Waals surface area contributed by atoms with Crippen LogP contribution in [0.1, 0.15) is 67.9 Å². The maximum Gasteiger partial charge on any atom is 0.408 e.